The SMILES string of the molecule is CSc1ccc2sc(N)cc2c1I. The van der Waals surface area contributed by atoms with Crippen molar-refractivity contribution in [1.29, 1.82) is 0 Å². The van der Waals surface area contributed by atoms with Crippen LogP contribution in [0.1, 0.15) is 0 Å². The Hall–Kier alpha value is 0.0600. The molecular weight excluding hydrogens is 313 g/mol. The summed E-state index contributed by atoms with van der Waals surface area (Å²) in [5.74, 6) is 0. The summed E-state index contributed by atoms with van der Waals surface area (Å²) >= 11 is 5.81. The van der Waals surface area contributed by atoms with E-state index in [1.165, 1.54) is 18.6 Å². The van der Waals surface area contributed by atoms with Crippen molar-refractivity contribution in [2.24, 2.45) is 0 Å². The molecule has 0 saturated carbocycles. The smallest absolute Gasteiger partial charge is 0.0869 e. The second-order valence-corrected chi connectivity index (χ2v) is 5.68. The first-order valence-electron chi connectivity index (χ1n) is 3.74. The van der Waals surface area contributed by atoms with Gasteiger partial charge >= 0.3 is 0 Å². The fourth-order valence-corrected chi connectivity index (χ4v) is 4.04. The van der Waals surface area contributed by atoms with Crippen LogP contribution >= 0.6 is 45.7 Å². The van der Waals surface area contributed by atoms with Crippen LogP contribution in [0.15, 0.2) is 23.1 Å². The van der Waals surface area contributed by atoms with Crippen LogP contribution in [0, 0.1) is 3.57 Å². The molecule has 0 atom stereocenters. The van der Waals surface area contributed by atoms with Crippen molar-refractivity contribution in [3.05, 3.63) is 21.8 Å². The molecule has 0 radical (unpaired) electrons. The fraction of sp³-hybridized carbons (Fsp3) is 0.111. The third-order valence-electron chi connectivity index (χ3n) is 1.84. The summed E-state index contributed by atoms with van der Waals surface area (Å²) in [6, 6.07) is 6.36. The lowest BCUT2D eigenvalue weighted by Crippen LogP contribution is -1.78. The van der Waals surface area contributed by atoms with Gasteiger partial charge in [-0.3, -0.25) is 0 Å². The van der Waals surface area contributed by atoms with Crippen LogP contribution in [-0.4, -0.2) is 6.26 Å². The molecule has 2 rings (SSSR count). The highest BCUT2D eigenvalue weighted by atomic mass is 127. The minimum atomic E-state index is 0.895. The molecule has 1 aromatic carbocycles. The van der Waals surface area contributed by atoms with Crippen LogP contribution in [-0.2, 0) is 0 Å². The summed E-state index contributed by atoms with van der Waals surface area (Å²) in [5.41, 5.74) is 5.76. The first-order valence-corrected chi connectivity index (χ1v) is 6.86. The summed E-state index contributed by atoms with van der Waals surface area (Å²) in [5, 5.41) is 2.18. The largest absolute Gasteiger partial charge is 0.391 e. The fourth-order valence-electron chi connectivity index (χ4n) is 1.24. The van der Waals surface area contributed by atoms with Gasteiger partial charge in [-0.1, -0.05) is 0 Å². The zero-order chi connectivity index (χ0) is 9.42. The molecule has 0 spiro atoms. The molecule has 1 nitrogen and oxygen atoms in total. The van der Waals surface area contributed by atoms with Gasteiger partial charge < -0.3 is 5.73 Å². The van der Waals surface area contributed by atoms with Gasteiger partial charge in [0, 0.05) is 18.6 Å². The maximum atomic E-state index is 5.76. The molecule has 1 aromatic heterocycles. The van der Waals surface area contributed by atoms with Crippen LogP contribution < -0.4 is 5.73 Å². The lowest BCUT2D eigenvalue weighted by molar-refractivity contribution is 1.47. The number of halogens is 1. The topological polar surface area (TPSA) is 26.0 Å². The van der Waals surface area contributed by atoms with E-state index in [2.05, 4.69) is 47.0 Å². The number of hydrogen-bond donors (Lipinski definition) is 1. The Kier molecular flexibility index (Phi) is 2.71. The molecule has 0 saturated heterocycles. The monoisotopic (exact) mass is 321 g/mol. The van der Waals surface area contributed by atoms with Gasteiger partial charge in [-0.05, 0) is 47.0 Å². The molecule has 4 heteroatoms. The van der Waals surface area contributed by atoms with E-state index in [0.29, 0.717) is 0 Å². The standard InChI is InChI=1S/C9H8INS2/c1-12-7-3-2-6-5(9(7)10)4-8(11)13-6/h2-4H,11H2,1H3. The lowest BCUT2D eigenvalue weighted by atomic mass is 10.3. The summed E-state index contributed by atoms with van der Waals surface area (Å²) in [4.78, 5) is 1.32. The van der Waals surface area contributed by atoms with Gasteiger partial charge in [0.15, 0.2) is 0 Å². The summed E-state index contributed by atoms with van der Waals surface area (Å²) in [7, 11) is 0. The molecule has 2 aromatic rings. The van der Waals surface area contributed by atoms with Gasteiger partial charge in [-0.2, -0.15) is 0 Å². The molecule has 0 fully saturated rings. The van der Waals surface area contributed by atoms with E-state index in [4.69, 9.17) is 5.73 Å². The molecule has 68 valence electrons. The second kappa shape index (κ2) is 3.67. The quantitative estimate of drug-likeness (QED) is 0.638. The minimum absolute atomic E-state index is 0.895. The van der Waals surface area contributed by atoms with Gasteiger partial charge in [-0.15, -0.1) is 23.1 Å². The van der Waals surface area contributed by atoms with Gasteiger partial charge in [-0.25, -0.2) is 0 Å². The number of fused-ring (bicyclic) bond motifs is 1. The number of nitrogen functional groups attached to an aromatic ring is 1. The number of hydrogen-bond acceptors (Lipinski definition) is 3. The van der Waals surface area contributed by atoms with Crippen molar-refractivity contribution in [3.8, 4) is 0 Å². The Labute approximate surface area is 98.8 Å². The number of anilines is 1. The number of benzene rings is 1. The van der Waals surface area contributed by atoms with Crippen molar-refractivity contribution in [1.82, 2.24) is 0 Å². The highest BCUT2D eigenvalue weighted by Crippen LogP contribution is 2.35. The maximum absolute atomic E-state index is 5.76. The first kappa shape index (κ1) is 9.61. The van der Waals surface area contributed by atoms with E-state index in [0.717, 1.165) is 5.00 Å². The average molecular weight is 321 g/mol. The normalized spacial score (nSPS) is 10.9. The molecule has 0 aliphatic heterocycles. The molecule has 0 aliphatic rings. The van der Waals surface area contributed by atoms with Crippen LogP contribution in [0.25, 0.3) is 10.1 Å². The summed E-state index contributed by atoms with van der Waals surface area (Å²) in [6.45, 7) is 0. The van der Waals surface area contributed by atoms with Crippen LogP contribution in [0.2, 0.25) is 0 Å². The molecular formula is C9H8INS2. The third kappa shape index (κ3) is 1.67. The van der Waals surface area contributed by atoms with Crippen molar-refractivity contribution < 1.29 is 0 Å². The molecule has 1 heterocycles. The van der Waals surface area contributed by atoms with Crippen LogP contribution in [0.4, 0.5) is 5.00 Å². The second-order valence-electron chi connectivity index (χ2n) is 2.64. The lowest BCUT2D eigenvalue weighted by Gasteiger charge is -2.00. The average Bonchev–Trinajstić information content (AvgIpc) is 2.47. The number of rotatable bonds is 1. The van der Waals surface area contributed by atoms with Crippen molar-refractivity contribution in [2.75, 3.05) is 12.0 Å². The predicted molar refractivity (Wildman–Crippen MR) is 70.7 cm³/mol. The van der Waals surface area contributed by atoms with E-state index in [-0.39, 0.29) is 0 Å². The molecule has 0 unspecified atom stereocenters. The molecule has 0 bridgehead atoms. The Bertz CT molecular complexity index is 450. The number of thioether (sulfide) groups is 1. The first-order chi connectivity index (χ1) is 6.22. The third-order valence-corrected chi connectivity index (χ3v) is 5.08. The van der Waals surface area contributed by atoms with Gasteiger partial charge in [0.05, 0.1) is 5.00 Å². The number of thiophene rings is 1. The molecule has 13 heavy (non-hydrogen) atoms. The van der Waals surface area contributed by atoms with Crippen molar-refractivity contribution in [2.45, 2.75) is 4.90 Å². The molecule has 0 aliphatic carbocycles. The van der Waals surface area contributed by atoms with E-state index in [1.54, 1.807) is 23.1 Å². The molecule has 0 amide bonds. The molecule has 2 N–H and O–H groups in total. The van der Waals surface area contributed by atoms with Gasteiger partial charge in [0.2, 0.25) is 0 Å². The zero-order valence-corrected chi connectivity index (χ0v) is 10.8. The van der Waals surface area contributed by atoms with Gasteiger partial charge in [0.1, 0.15) is 0 Å². The number of nitrogens with two attached hydrogens (primary N) is 1. The van der Waals surface area contributed by atoms with Crippen LogP contribution in [0.3, 0.4) is 0 Å². The van der Waals surface area contributed by atoms with E-state index >= 15 is 0 Å². The Balaban J connectivity index is 2.78. The van der Waals surface area contributed by atoms with Crippen molar-refractivity contribution >= 4 is 60.8 Å². The Morgan fingerprint density at radius 2 is 2.23 bits per heavy atom. The van der Waals surface area contributed by atoms with Crippen molar-refractivity contribution in [3.63, 3.8) is 0 Å². The van der Waals surface area contributed by atoms with E-state index in [9.17, 15) is 0 Å². The highest BCUT2D eigenvalue weighted by Gasteiger charge is 2.06. The maximum Gasteiger partial charge on any atom is 0.0869 e. The van der Waals surface area contributed by atoms with E-state index in [1.807, 2.05) is 0 Å². The highest BCUT2D eigenvalue weighted by molar-refractivity contribution is 14.1. The van der Waals surface area contributed by atoms with Gasteiger partial charge in [0.25, 0.3) is 0 Å². The summed E-state index contributed by atoms with van der Waals surface area (Å²) in [6.07, 6.45) is 2.10. The van der Waals surface area contributed by atoms with Crippen LogP contribution in [0.5, 0.6) is 0 Å². The minimum Gasteiger partial charge on any atom is -0.391 e. The Morgan fingerprint density at radius 1 is 1.46 bits per heavy atom. The summed E-state index contributed by atoms with van der Waals surface area (Å²) < 4.78 is 2.59. The Morgan fingerprint density at radius 3 is 2.92 bits per heavy atom. The predicted octanol–water partition coefficient (Wildman–Crippen LogP) is 3.81. The zero-order valence-electron chi connectivity index (χ0n) is 7.00. The van der Waals surface area contributed by atoms with E-state index < -0.39 is 0 Å².